The van der Waals surface area contributed by atoms with Crippen molar-refractivity contribution in [2.45, 2.75) is 44.8 Å². The monoisotopic (exact) mass is 377 g/mol. The first-order valence-electron chi connectivity index (χ1n) is 9.60. The maximum Gasteiger partial charge on any atom is 0.221 e. The molecule has 1 fully saturated rings. The molecule has 1 aliphatic heterocycles. The maximum absolute atomic E-state index is 12.0. The van der Waals surface area contributed by atoms with Gasteiger partial charge in [0.2, 0.25) is 5.91 Å². The smallest absolute Gasteiger partial charge is 0.221 e. The molecule has 0 aliphatic carbocycles. The number of aromatic nitrogens is 1. The largest absolute Gasteiger partial charge is 0.368 e. The van der Waals surface area contributed by atoms with Crippen molar-refractivity contribution >= 4 is 11.7 Å². The summed E-state index contributed by atoms with van der Waals surface area (Å²) in [5.41, 5.74) is 0.604. The van der Waals surface area contributed by atoms with Crippen LogP contribution in [-0.2, 0) is 4.79 Å². The second kappa shape index (κ2) is 7.99. The highest BCUT2D eigenvalue weighted by Gasteiger charge is 2.45. The molecule has 28 heavy (non-hydrogen) atoms. The molecular weight excluding hydrogens is 350 g/mol. The molecule has 1 aromatic heterocycles. The topological polar surface area (TPSA) is 81.0 Å². The van der Waals surface area contributed by atoms with E-state index in [1.807, 2.05) is 62.4 Å². The number of hydrogen-bond donors (Lipinski definition) is 2. The van der Waals surface area contributed by atoms with Gasteiger partial charge in [0.1, 0.15) is 11.9 Å². The fourth-order valence-corrected chi connectivity index (χ4v) is 3.74. The predicted molar refractivity (Wildman–Crippen MR) is 110 cm³/mol. The molecule has 1 unspecified atom stereocenters. The lowest BCUT2D eigenvalue weighted by atomic mass is 9.99. The number of carbonyl (C=O) groups is 1. The van der Waals surface area contributed by atoms with Gasteiger partial charge < -0.3 is 10.2 Å². The van der Waals surface area contributed by atoms with Crippen LogP contribution in [0.25, 0.3) is 11.3 Å². The quantitative estimate of drug-likeness (QED) is 0.806. The Morgan fingerprint density at radius 2 is 2.00 bits per heavy atom. The number of nitriles is 1. The normalized spacial score (nSPS) is 19.3. The van der Waals surface area contributed by atoms with Crippen molar-refractivity contribution in [3.05, 3.63) is 48.5 Å². The van der Waals surface area contributed by atoms with Gasteiger partial charge in [0.15, 0.2) is 5.66 Å². The molecule has 6 nitrogen and oxygen atoms in total. The maximum atomic E-state index is 12.0. The Balaban J connectivity index is 1.70. The van der Waals surface area contributed by atoms with Crippen LogP contribution in [0.15, 0.2) is 48.5 Å². The minimum atomic E-state index is -0.948. The first-order chi connectivity index (χ1) is 13.4. The zero-order valence-electron chi connectivity index (χ0n) is 16.7. The van der Waals surface area contributed by atoms with Crippen LogP contribution in [-0.4, -0.2) is 40.1 Å². The van der Waals surface area contributed by atoms with Gasteiger partial charge in [-0.1, -0.05) is 36.4 Å². The molecule has 0 saturated carbocycles. The molecule has 1 amide bonds. The Labute approximate surface area is 166 Å². The minimum absolute atomic E-state index is 0.0764. The van der Waals surface area contributed by atoms with Crippen LogP contribution in [0.3, 0.4) is 0 Å². The summed E-state index contributed by atoms with van der Waals surface area (Å²) in [6.45, 7) is 6.74. The van der Waals surface area contributed by atoms with Crippen molar-refractivity contribution in [2.24, 2.45) is 0 Å². The van der Waals surface area contributed by atoms with Gasteiger partial charge in [-0.3, -0.25) is 10.1 Å². The van der Waals surface area contributed by atoms with E-state index in [1.165, 1.54) is 6.92 Å². The fraction of sp³-hybridized carbons (Fsp3) is 0.409. The van der Waals surface area contributed by atoms with E-state index < -0.39 is 11.2 Å². The van der Waals surface area contributed by atoms with Crippen molar-refractivity contribution in [1.82, 2.24) is 15.2 Å². The molecule has 3 rings (SSSR count). The van der Waals surface area contributed by atoms with Crippen LogP contribution in [0.2, 0.25) is 0 Å². The van der Waals surface area contributed by atoms with Crippen molar-refractivity contribution < 1.29 is 4.79 Å². The summed E-state index contributed by atoms with van der Waals surface area (Å²) >= 11 is 0. The van der Waals surface area contributed by atoms with Crippen LogP contribution in [0, 0.1) is 11.3 Å². The SMILES string of the molecule is CC(=O)N1CCCC1(C#N)NC(C)(C)CNc1cccc(-c2ccccc2)n1. The highest BCUT2D eigenvalue weighted by atomic mass is 16.2. The van der Waals surface area contributed by atoms with Crippen molar-refractivity contribution in [3.63, 3.8) is 0 Å². The number of pyridine rings is 1. The molecule has 1 saturated heterocycles. The summed E-state index contributed by atoms with van der Waals surface area (Å²) < 4.78 is 0. The molecule has 0 spiro atoms. The molecule has 146 valence electrons. The third-order valence-corrected chi connectivity index (χ3v) is 5.02. The summed E-state index contributed by atoms with van der Waals surface area (Å²) in [6.07, 6.45) is 1.46. The average Bonchev–Trinajstić information content (AvgIpc) is 3.11. The van der Waals surface area contributed by atoms with Crippen LogP contribution >= 0.6 is 0 Å². The summed E-state index contributed by atoms with van der Waals surface area (Å²) in [5, 5.41) is 16.6. The third-order valence-electron chi connectivity index (χ3n) is 5.02. The molecular formula is C22H27N5O. The van der Waals surface area contributed by atoms with Gasteiger partial charge in [0.05, 0.1) is 5.69 Å². The van der Waals surface area contributed by atoms with Crippen molar-refractivity contribution in [1.29, 1.82) is 5.26 Å². The van der Waals surface area contributed by atoms with Gasteiger partial charge in [-0.2, -0.15) is 5.26 Å². The van der Waals surface area contributed by atoms with Crippen LogP contribution < -0.4 is 10.6 Å². The van der Waals surface area contributed by atoms with E-state index >= 15 is 0 Å². The van der Waals surface area contributed by atoms with E-state index in [9.17, 15) is 10.1 Å². The number of nitrogens with one attached hydrogen (secondary N) is 2. The van der Waals surface area contributed by atoms with Crippen molar-refractivity contribution in [2.75, 3.05) is 18.4 Å². The van der Waals surface area contributed by atoms with Gasteiger partial charge in [0.25, 0.3) is 0 Å². The number of amides is 1. The van der Waals surface area contributed by atoms with E-state index in [2.05, 4.69) is 16.7 Å². The second-order valence-electron chi connectivity index (χ2n) is 7.88. The second-order valence-corrected chi connectivity index (χ2v) is 7.88. The lowest BCUT2D eigenvalue weighted by Crippen LogP contribution is -2.63. The van der Waals surface area contributed by atoms with Gasteiger partial charge in [0, 0.05) is 31.1 Å². The van der Waals surface area contributed by atoms with E-state index in [0.29, 0.717) is 19.5 Å². The third kappa shape index (κ3) is 4.32. The zero-order chi connectivity index (χ0) is 20.2. The molecule has 2 N–H and O–H groups in total. The first kappa shape index (κ1) is 19.8. The number of rotatable bonds is 6. The lowest BCUT2D eigenvalue weighted by molar-refractivity contribution is -0.132. The number of hydrogen-bond acceptors (Lipinski definition) is 5. The Kier molecular flexibility index (Phi) is 5.66. The molecule has 1 aromatic carbocycles. The summed E-state index contributed by atoms with van der Waals surface area (Å²) in [4.78, 5) is 18.3. The van der Waals surface area contributed by atoms with Crippen LogP contribution in [0.4, 0.5) is 5.82 Å². The fourth-order valence-electron chi connectivity index (χ4n) is 3.74. The molecule has 0 bridgehead atoms. The highest BCUT2D eigenvalue weighted by Crippen LogP contribution is 2.29. The summed E-state index contributed by atoms with van der Waals surface area (Å²) in [7, 11) is 0. The number of benzene rings is 1. The molecule has 2 heterocycles. The number of anilines is 1. The Morgan fingerprint density at radius 1 is 1.25 bits per heavy atom. The van der Waals surface area contributed by atoms with E-state index in [4.69, 9.17) is 4.98 Å². The first-order valence-corrected chi connectivity index (χ1v) is 9.60. The number of nitrogens with zero attached hydrogens (tertiary/aromatic N) is 3. The summed E-state index contributed by atoms with van der Waals surface area (Å²) in [6, 6.07) is 18.3. The highest BCUT2D eigenvalue weighted by molar-refractivity contribution is 5.75. The molecule has 1 aliphatic rings. The lowest BCUT2D eigenvalue weighted by Gasteiger charge is -2.40. The van der Waals surface area contributed by atoms with Crippen molar-refractivity contribution in [3.8, 4) is 17.3 Å². The predicted octanol–water partition coefficient (Wildman–Crippen LogP) is 3.39. The molecule has 6 heteroatoms. The standard InChI is InChI=1S/C22H27N5O/c1-17(28)27-14-8-13-22(27,15-23)26-21(2,3)16-24-20-12-7-11-19(25-20)18-9-5-4-6-10-18/h4-7,9-12,26H,8,13-14,16H2,1-3H3,(H,24,25). The average molecular weight is 377 g/mol. The Hall–Kier alpha value is -2.91. The Morgan fingerprint density at radius 3 is 2.68 bits per heavy atom. The zero-order valence-corrected chi connectivity index (χ0v) is 16.7. The number of carbonyl (C=O) groups excluding carboxylic acids is 1. The van der Waals surface area contributed by atoms with Gasteiger partial charge in [-0.05, 0) is 38.8 Å². The van der Waals surface area contributed by atoms with E-state index in [0.717, 1.165) is 23.5 Å². The number of likely N-dealkylation sites (tertiary alicyclic amines) is 1. The van der Waals surface area contributed by atoms with E-state index in [1.54, 1.807) is 4.90 Å². The van der Waals surface area contributed by atoms with Gasteiger partial charge in [-0.15, -0.1) is 0 Å². The van der Waals surface area contributed by atoms with E-state index in [-0.39, 0.29) is 5.91 Å². The van der Waals surface area contributed by atoms with Crippen LogP contribution in [0.5, 0.6) is 0 Å². The molecule has 0 radical (unpaired) electrons. The summed E-state index contributed by atoms with van der Waals surface area (Å²) in [5.74, 6) is 0.699. The van der Waals surface area contributed by atoms with Gasteiger partial charge >= 0.3 is 0 Å². The molecule has 2 aromatic rings. The minimum Gasteiger partial charge on any atom is -0.368 e. The van der Waals surface area contributed by atoms with Crippen LogP contribution in [0.1, 0.15) is 33.6 Å². The molecule has 1 atom stereocenters. The Bertz CT molecular complexity index is 874. The van der Waals surface area contributed by atoms with Gasteiger partial charge in [-0.25, -0.2) is 4.98 Å².